The second kappa shape index (κ2) is 4.97. The number of rotatable bonds is 2. The second-order valence-corrected chi connectivity index (χ2v) is 5.09. The normalized spacial score (nSPS) is 10.7. The number of benzene rings is 2. The summed E-state index contributed by atoms with van der Waals surface area (Å²) in [5.74, 6) is 0.528. The third kappa shape index (κ3) is 2.50. The van der Waals surface area contributed by atoms with Crippen molar-refractivity contribution >= 4 is 15.9 Å². The lowest BCUT2D eigenvalue weighted by Crippen LogP contribution is -1.81. The Labute approximate surface area is 122 Å². The van der Waals surface area contributed by atoms with E-state index in [4.69, 9.17) is 4.52 Å². The van der Waals surface area contributed by atoms with Crippen LogP contribution in [-0.2, 0) is 0 Å². The molecule has 1 aromatic heterocycles. The molecule has 0 saturated heterocycles. The van der Waals surface area contributed by atoms with E-state index >= 15 is 0 Å². The average Bonchev–Trinajstić information content (AvgIpc) is 2.87. The van der Waals surface area contributed by atoms with Crippen molar-refractivity contribution in [3.63, 3.8) is 0 Å². The Morgan fingerprint density at radius 1 is 0.950 bits per heavy atom. The van der Waals surface area contributed by atoms with E-state index in [0.29, 0.717) is 11.4 Å². The predicted octanol–water partition coefficient (Wildman–Crippen LogP) is 3.58. The number of hydrogen-bond donors (Lipinski definition) is 2. The van der Waals surface area contributed by atoms with Gasteiger partial charge in [-0.1, -0.05) is 33.2 Å². The fourth-order valence-electron chi connectivity index (χ4n) is 1.80. The summed E-state index contributed by atoms with van der Waals surface area (Å²) >= 11 is 3.38. The van der Waals surface area contributed by atoms with Crippen molar-refractivity contribution in [3.05, 3.63) is 46.9 Å². The minimum absolute atomic E-state index is 0.0674. The number of aromatic hydroxyl groups is 2. The maximum absolute atomic E-state index is 9.46. The molecule has 20 heavy (non-hydrogen) atoms. The van der Waals surface area contributed by atoms with Gasteiger partial charge in [0.15, 0.2) is 0 Å². The Balaban J connectivity index is 2.02. The van der Waals surface area contributed by atoms with Gasteiger partial charge in [0.2, 0.25) is 5.82 Å². The average molecular weight is 333 g/mol. The highest BCUT2D eigenvalue weighted by Crippen LogP contribution is 2.29. The van der Waals surface area contributed by atoms with Crippen LogP contribution in [0.25, 0.3) is 22.8 Å². The van der Waals surface area contributed by atoms with E-state index in [0.717, 1.165) is 10.0 Å². The topological polar surface area (TPSA) is 79.4 Å². The summed E-state index contributed by atoms with van der Waals surface area (Å²) < 4.78 is 6.07. The first-order valence-corrected chi connectivity index (χ1v) is 6.54. The third-order valence-corrected chi connectivity index (χ3v) is 3.15. The summed E-state index contributed by atoms with van der Waals surface area (Å²) in [6.07, 6.45) is 0. The molecule has 3 rings (SSSR count). The van der Waals surface area contributed by atoms with Crippen molar-refractivity contribution in [2.75, 3.05) is 0 Å². The summed E-state index contributed by atoms with van der Waals surface area (Å²) in [6.45, 7) is 0. The van der Waals surface area contributed by atoms with Gasteiger partial charge < -0.3 is 14.7 Å². The molecule has 0 bridgehead atoms. The van der Waals surface area contributed by atoms with Gasteiger partial charge in [-0.25, -0.2) is 0 Å². The molecule has 6 heteroatoms. The molecule has 0 atom stereocenters. The van der Waals surface area contributed by atoms with Crippen LogP contribution in [0.5, 0.6) is 11.5 Å². The molecule has 2 N–H and O–H groups in total. The van der Waals surface area contributed by atoms with Gasteiger partial charge in [-0.2, -0.15) is 4.98 Å². The lowest BCUT2D eigenvalue weighted by Gasteiger charge is -1.98. The molecule has 0 radical (unpaired) electrons. The van der Waals surface area contributed by atoms with Gasteiger partial charge in [0.1, 0.15) is 11.5 Å². The summed E-state index contributed by atoms with van der Waals surface area (Å²) in [5.41, 5.74) is 1.26. The van der Waals surface area contributed by atoms with Crippen molar-refractivity contribution in [1.29, 1.82) is 0 Å². The molecule has 0 spiro atoms. The van der Waals surface area contributed by atoms with E-state index in [-0.39, 0.29) is 17.4 Å². The van der Waals surface area contributed by atoms with Crippen molar-refractivity contribution in [3.8, 4) is 34.3 Å². The summed E-state index contributed by atoms with van der Waals surface area (Å²) in [5, 5.41) is 22.8. The molecular formula is C14H9BrN2O3. The Morgan fingerprint density at radius 2 is 1.70 bits per heavy atom. The van der Waals surface area contributed by atoms with Gasteiger partial charge in [-0.05, 0) is 24.3 Å². The highest BCUT2D eigenvalue weighted by Gasteiger charge is 2.12. The summed E-state index contributed by atoms with van der Waals surface area (Å²) in [4.78, 5) is 4.25. The standard InChI is InChI=1S/C14H9BrN2O3/c15-10-3-1-2-8(4-10)13-16-14(20-17-13)9-5-11(18)7-12(19)6-9/h1-7,18-19H. The molecule has 2 aromatic carbocycles. The molecule has 0 unspecified atom stereocenters. The molecule has 5 nitrogen and oxygen atoms in total. The van der Waals surface area contributed by atoms with E-state index in [1.165, 1.54) is 18.2 Å². The van der Waals surface area contributed by atoms with E-state index < -0.39 is 0 Å². The predicted molar refractivity (Wildman–Crippen MR) is 76.2 cm³/mol. The fourth-order valence-corrected chi connectivity index (χ4v) is 2.20. The number of nitrogens with zero attached hydrogens (tertiary/aromatic N) is 2. The second-order valence-electron chi connectivity index (χ2n) is 4.17. The van der Waals surface area contributed by atoms with Crippen molar-refractivity contribution in [1.82, 2.24) is 10.1 Å². The van der Waals surface area contributed by atoms with Gasteiger partial charge >= 0.3 is 0 Å². The van der Waals surface area contributed by atoms with Crippen LogP contribution < -0.4 is 0 Å². The van der Waals surface area contributed by atoms with E-state index in [1.807, 2.05) is 24.3 Å². The van der Waals surface area contributed by atoms with Gasteiger partial charge in [0.25, 0.3) is 5.89 Å². The van der Waals surface area contributed by atoms with Crippen LogP contribution in [0.4, 0.5) is 0 Å². The first kappa shape index (κ1) is 12.7. The minimum Gasteiger partial charge on any atom is -0.508 e. The SMILES string of the molecule is Oc1cc(O)cc(-c2nc(-c3cccc(Br)c3)no2)c1. The largest absolute Gasteiger partial charge is 0.508 e. The Morgan fingerprint density at radius 3 is 2.40 bits per heavy atom. The van der Waals surface area contributed by atoms with Crippen LogP contribution in [0.3, 0.4) is 0 Å². The van der Waals surface area contributed by atoms with Gasteiger partial charge in [0.05, 0.1) is 0 Å². The molecule has 0 saturated carbocycles. The molecule has 0 fully saturated rings. The first-order chi connectivity index (χ1) is 9.61. The quantitative estimate of drug-likeness (QED) is 0.749. The van der Waals surface area contributed by atoms with Crippen LogP contribution in [-0.4, -0.2) is 20.4 Å². The van der Waals surface area contributed by atoms with Crippen LogP contribution in [0, 0.1) is 0 Å². The lowest BCUT2D eigenvalue weighted by molar-refractivity contribution is 0.428. The maximum Gasteiger partial charge on any atom is 0.258 e. The number of phenols is 2. The molecule has 100 valence electrons. The maximum atomic E-state index is 9.46. The van der Waals surface area contributed by atoms with E-state index in [9.17, 15) is 10.2 Å². The molecule has 0 aliphatic rings. The zero-order chi connectivity index (χ0) is 14.1. The molecule has 3 aromatic rings. The number of phenolic OH excluding ortho intramolecular Hbond substituents is 2. The Hall–Kier alpha value is -2.34. The van der Waals surface area contributed by atoms with Gasteiger partial charge in [-0.15, -0.1) is 0 Å². The zero-order valence-electron chi connectivity index (χ0n) is 10.1. The first-order valence-electron chi connectivity index (χ1n) is 5.75. The molecular weight excluding hydrogens is 324 g/mol. The van der Waals surface area contributed by atoms with Crippen LogP contribution in [0.15, 0.2) is 51.5 Å². The van der Waals surface area contributed by atoms with Crippen LogP contribution >= 0.6 is 15.9 Å². The fraction of sp³-hybridized carbons (Fsp3) is 0. The highest BCUT2D eigenvalue weighted by atomic mass is 79.9. The smallest absolute Gasteiger partial charge is 0.258 e. The van der Waals surface area contributed by atoms with Gasteiger partial charge in [-0.3, -0.25) is 0 Å². The molecule has 0 aliphatic heterocycles. The minimum atomic E-state index is -0.0674. The van der Waals surface area contributed by atoms with Crippen molar-refractivity contribution < 1.29 is 14.7 Å². The number of aromatic nitrogens is 2. The van der Waals surface area contributed by atoms with Crippen molar-refractivity contribution in [2.45, 2.75) is 0 Å². The lowest BCUT2D eigenvalue weighted by atomic mass is 10.2. The summed E-state index contributed by atoms with van der Waals surface area (Å²) in [6, 6.07) is 11.6. The van der Waals surface area contributed by atoms with E-state index in [2.05, 4.69) is 26.1 Å². The van der Waals surface area contributed by atoms with Crippen LogP contribution in [0.1, 0.15) is 0 Å². The molecule has 1 heterocycles. The van der Waals surface area contributed by atoms with E-state index in [1.54, 1.807) is 0 Å². The molecule has 0 aliphatic carbocycles. The van der Waals surface area contributed by atoms with Crippen LogP contribution in [0.2, 0.25) is 0 Å². The number of hydrogen-bond acceptors (Lipinski definition) is 5. The zero-order valence-corrected chi connectivity index (χ0v) is 11.7. The monoisotopic (exact) mass is 332 g/mol. The molecule has 0 amide bonds. The Kier molecular flexibility index (Phi) is 3.15. The van der Waals surface area contributed by atoms with Crippen molar-refractivity contribution in [2.24, 2.45) is 0 Å². The Bertz CT molecular complexity index is 750. The summed E-state index contributed by atoms with van der Waals surface area (Å²) in [7, 11) is 0. The van der Waals surface area contributed by atoms with Gasteiger partial charge in [0, 0.05) is 21.7 Å². The number of halogens is 1. The highest BCUT2D eigenvalue weighted by molar-refractivity contribution is 9.10. The third-order valence-electron chi connectivity index (χ3n) is 2.66.